The van der Waals surface area contributed by atoms with Gasteiger partial charge in [-0.3, -0.25) is 9.69 Å². The predicted octanol–water partition coefficient (Wildman–Crippen LogP) is 5.87. The lowest BCUT2D eigenvalue weighted by atomic mass is 10.1. The summed E-state index contributed by atoms with van der Waals surface area (Å²) >= 11 is 12.4. The van der Waals surface area contributed by atoms with Gasteiger partial charge in [0.1, 0.15) is 5.82 Å². The Kier molecular flexibility index (Phi) is 10.1. The van der Waals surface area contributed by atoms with E-state index in [2.05, 4.69) is 27.9 Å². The van der Waals surface area contributed by atoms with Crippen LogP contribution in [0.3, 0.4) is 0 Å². The Hall–Kier alpha value is -3.23. The van der Waals surface area contributed by atoms with Crippen molar-refractivity contribution in [3.05, 3.63) is 92.1 Å². The minimum absolute atomic E-state index is 0.0112. The Morgan fingerprint density at radius 1 is 0.974 bits per heavy atom. The summed E-state index contributed by atoms with van der Waals surface area (Å²) in [6.45, 7) is 16.1. The Labute approximate surface area is 241 Å². The zero-order valence-electron chi connectivity index (χ0n) is 22.4. The predicted molar refractivity (Wildman–Crippen MR) is 155 cm³/mol. The van der Waals surface area contributed by atoms with E-state index in [4.69, 9.17) is 29.8 Å². The molecule has 2 aliphatic heterocycles. The number of allylic oxidation sites excluding steroid dienone is 1. The maximum Gasteiger partial charge on any atom is 0.300 e. The molecule has 9 heteroatoms. The molecule has 7 nitrogen and oxygen atoms in total. The van der Waals surface area contributed by atoms with Crippen molar-refractivity contribution in [2.24, 2.45) is 0 Å². The highest BCUT2D eigenvalue weighted by atomic mass is 35.5. The number of amides is 1. The molecule has 0 aliphatic carbocycles. The number of benzene rings is 2. The van der Waals surface area contributed by atoms with Gasteiger partial charge in [-0.1, -0.05) is 41.8 Å². The zero-order valence-corrected chi connectivity index (χ0v) is 23.9. The normalized spacial score (nSPS) is 17.1. The smallest absolute Gasteiger partial charge is 0.300 e. The lowest BCUT2D eigenvalue weighted by molar-refractivity contribution is 0.0752. The molecule has 2 saturated heterocycles. The van der Waals surface area contributed by atoms with E-state index in [-0.39, 0.29) is 11.6 Å². The Balaban J connectivity index is 1.41. The number of hydrogen-bond acceptors (Lipinski definition) is 5. The maximum atomic E-state index is 13.3. The van der Waals surface area contributed by atoms with E-state index >= 15 is 0 Å². The van der Waals surface area contributed by atoms with E-state index in [1.54, 1.807) is 6.07 Å². The van der Waals surface area contributed by atoms with Gasteiger partial charge in [-0.2, -0.15) is 0 Å². The third-order valence-electron chi connectivity index (χ3n) is 7.33. The van der Waals surface area contributed by atoms with Crippen LogP contribution in [0.4, 0.5) is 0 Å². The van der Waals surface area contributed by atoms with Crippen LogP contribution in [0.25, 0.3) is 4.85 Å². The SMILES string of the molecule is [C-]#[N+]/C(C#N)=C1/N(CCN(CC)C(=O)c2ccc(CN3CCCCC3)cc2)CCN1Cc1cc(Cl)cc(Cl)c1. The number of carbonyl (C=O) groups is 1. The van der Waals surface area contributed by atoms with Crippen LogP contribution in [0, 0.1) is 17.9 Å². The van der Waals surface area contributed by atoms with Gasteiger partial charge in [-0.25, -0.2) is 10.1 Å². The number of likely N-dealkylation sites (N-methyl/N-ethyl adjacent to an activating group) is 1. The standard InChI is InChI=1S/C30H34Cl2N6O/c1-3-36(30(39)25-9-7-23(8-10-25)21-35-11-5-4-6-12-35)13-14-37-15-16-38(29(37)28(20-33)34-2)22-24-17-26(31)19-27(32)18-24/h7-10,17-19H,3-6,11-16,21-22H2,1H3/b29-28-. The van der Waals surface area contributed by atoms with E-state index in [0.29, 0.717) is 60.7 Å². The van der Waals surface area contributed by atoms with Crippen LogP contribution in [0.5, 0.6) is 0 Å². The first-order valence-corrected chi connectivity index (χ1v) is 14.2. The van der Waals surface area contributed by atoms with Crippen molar-refractivity contribution in [1.82, 2.24) is 19.6 Å². The molecule has 0 atom stereocenters. The topological polar surface area (TPSA) is 58.2 Å². The van der Waals surface area contributed by atoms with Crippen molar-refractivity contribution in [3.63, 3.8) is 0 Å². The minimum Gasteiger partial charge on any atom is -0.363 e. The van der Waals surface area contributed by atoms with Crippen LogP contribution in [-0.2, 0) is 13.1 Å². The number of nitrogens with zero attached hydrogens (tertiary/aromatic N) is 6. The molecule has 39 heavy (non-hydrogen) atoms. The van der Waals surface area contributed by atoms with Gasteiger partial charge >= 0.3 is 5.70 Å². The van der Waals surface area contributed by atoms with E-state index in [0.717, 1.165) is 25.2 Å². The second-order valence-electron chi connectivity index (χ2n) is 10.0. The first kappa shape index (κ1) is 28.8. The molecule has 4 rings (SSSR count). The molecule has 2 aliphatic rings. The van der Waals surface area contributed by atoms with Crippen LogP contribution in [0.15, 0.2) is 54.0 Å². The quantitative estimate of drug-likeness (QED) is 0.281. The number of nitriles is 1. The molecule has 0 bridgehead atoms. The molecule has 0 unspecified atom stereocenters. The van der Waals surface area contributed by atoms with Crippen molar-refractivity contribution in [1.29, 1.82) is 5.26 Å². The van der Waals surface area contributed by atoms with Crippen LogP contribution < -0.4 is 0 Å². The summed E-state index contributed by atoms with van der Waals surface area (Å²) in [5, 5.41) is 10.8. The first-order chi connectivity index (χ1) is 18.9. The second kappa shape index (κ2) is 13.7. The largest absolute Gasteiger partial charge is 0.363 e. The molecular formula is C30H34Cl2N6O. The molecule has 2 heterocycles. The number of piperidine rings is 1. The fraction of sp³-hybridized carbons (Fsp3) is 0.433. The summed E-state index contributed by atoms with van der Waals surface area (Å²) in [6.07, 6.45) is 3.83. The summed E-state index contributed by atoms with van der Waals surface area (Å²) in [5.41, 5.74) is 2.85. The lowest BCUT2D eigenvalue weighted by Crippen LogP contribution is -2.38. The van der Waals surface area contributed by atoms with E-state index in [1.165, 1.54) is 24.8 Å². The first-order valence-electron chi connectivity index (χ1n) is 13.5. The molecule has 1 amide bonds. The van der Waals surface area contributed by atoms with Gasteiger partial charge in [0.2, 0.25) is 0 Å². The van der Waals surface area contributed by atoms with Gasteiger partial charge in [0, 0.05) is 61.4 Å². The van der Waals surface area contributed by atoms with Crippen LogP contribution in [0.2, 0.25) is 10.0 Å². The molecule has 0 aromatic heterocycles. The third-order valence-corrected chi connectivity index (χ3v) is 7.77. The highest BCUT2D eigenvalue weighted by Gasteiger charge is 2.29. The summed E-state index contributed by atoms with van der Waals surface area (Å²) in [5.74, 6) is 0.581. The molecule has 0 N–H and O–H groups in total. The molecule has 2 aromatic carbocycles. The van der Waals surface area contributed by atoms with Gasteiger partial charge in [-0.05, 0) is 74.3 Å². The summed E-state index contributed by atoms with van der Waals surface area (Å²) in [4.78, 5) is 25.2. The number of rotatable bonds is 9. The second-order valence-corrected chi connectivity index (χ2v) is 10.9. The summed E-state index contributed by atoms with van der Waals surface area (Å²) < 4.78 is 0. The number of halogens is 2. The minimum atomic E-state index is -0.0112. The maximum absolute atomic E-state index is 13.3. The molecule has 0 spiro atoms. The summed E-state index contributed by atoms with van der Waals surface area (Å²) in [6, 6.07) is 15.4. The van der Waals surface area contributed by atoms with Crippen molar-refractivity contribution in [2.75, 3.05) is 45.8 Å². The number of carbonyl (C=O) groups excluding carboxylic acids is 1. The van der Waals surface area contributed by atoms with Crippen molar-refractivity contribution >= 4 is 29.1 Å². The van der Waals surface area contributed by atoms with E-state index in [1.807, 2.05) is 45.9 Å². The fourth-order valence-corrected chi connectivity index (χ4v) is 5.90. The van der Waals surface area contributed by atoms with Gasteiger partial charge < -0.3 is 14.7 Å². The van der Waals surface area contributed by atoms with Gasteiger partial charge in [0.25, 0.3) is 5.91 Å². The molecular weight excluding hydrogens is 531 g/mol. The van der Waals surface area contributed by atoms with Gasteiger partial charge in [0.05, 0.1) is 12.6 Å². The fourth-order valence-electron chi connectivity index (χ4n) is 5.33. The van der Waals surface area contributed by atoms with Crippen LogP contribution in [0.1, 0.15) is 47.7 Å². The van der Waals surface area contributed by atoms with Gasteiger partial charge in [-0.15, -0.1) is 0 Å². The van der Waals surface area contributed by atoms with E-state index in [9.17, 15) is 10.1 Å². The average molecular weight is 566 g/mol. The van der Waals surface area contributed by atoms with Gasteiger partial charge in [0.15, 0.2) is 0 Å². The van der Waals surface area contributed by atoms with Crippen LogP contribution >= 0.6 is 23.2 Å². The molecule has 2 aromatic rings. The monoisotopic (exact) mass is 564 g/mol. The van der Waals surface area contributed by atoms with E-state index < -0.39 is 0 Å². The highest BCUT2D eigenvalue weighted by Crippen LogP contribution is 2.27. The number of likely N-dealkylation sites (tertiary alicyclic amines) is 1. The third kappa shape index (κ3) is 7.46. The summed E-state index contributed by atoms with van der Waals surface area (Å²) in [7, 11) is 0. The average Bonchev–Trinajstić information content (AvgIpc) is 3.32. The van der Waals surface area contributed by atoms with Crippen molar-refractivity contribution in [3.8, 4) is 6.07 Å². The zero-order chi connectivity index (χ0) is 27.8. The highest BCUT2D eigenvalue weighted by molar-refractivity contribution is 6.34. The van der Waals surface area contributed by atoms with Crippen molar-refractivity contribution < 1.29 is 4.79 Å². The lowest BCUT2D eigenvalue weighted by Gasteiger charge is -2.29. The Bertz CT molecular complexity index is 1240. The molecule has 2 fully saturated rings. The Morgan fingerprint density at radius 2 is 1.64 bits per heavy atom. The van der Waals surface area contributed by atoms with Crippen molar-refractivity contribution in [2.45, 2.75) is 39.3 Å². The van der Waals surface area contributed by atoms with Crippen LogP contribution in [-0.4, -0.2) is 71.3 Å². The molecule has 204 valence electrons. The molecule has 0 radical (unpaired) electrons. The Morgan fingerprint density at radius 3 is 2.26 bits per heavy atom. The molecule has 0 saturated carbocycles. The number of hydrogen-bond donors (Lipinski definition) is 0.